The number of pyridine rings is 1. The van der Waals surface area contributed by atoms with Gasteiger partial charge in [-0.3, -0.25) is 9.59 Å². The van der Waals surface area contributed by atoms with Crippen molar-refractivity contribution >= 4 is 34.5 Å². The van der Waals surface area contributed by atoms with Crippen molar-refractivity contribution < 1.29 is 14.0 Å². The van der Waals surface area contributed by atoms with Crippen LogP contribution < -0.4 is 0 Å². The standard InChI is InChI=1S/C25H27N3O3S/c1-17-18-6-3-4-8-20(18)31-21(17)24(30)28-15-11-25(16-28)9-13-27(14-10-25)23(29)19-7-5-12-26-22(19)32-2/h3-8,12H,9-11,13-16H2,1-2H3. The van der Waals surface area contributed by atoms with Crippen LogP contribution >= 0.6 is 11.8 Å². The number of aryl methyl sites for hydroxylation is 1. The summed E-state index contributed by atoms with van der Waals surface area (Å²) in [5.74, 6) is 0.493. The van der Waals surface area contributed by atoms with Crippen molar-refractivity contribution in [2.75, 3.05) is 32.4 Å². The van der Waals surface area contributed by atoms with Gasteiger partial charge in [0.25, 0.3) is 11.8 Å². The van der Waals surface area contributed by atoms with Crippen LogP contribution in [0.5, 0.6) is 0 Å². The van der Waals surface area contributed by atoms with Gasteiger partial charge in [-0.15, -0.1) is 11.8 Å². The number of fused-ring (bicyclic) bond motifs is 1. The van der Waals surface area contributed by atoms with Gasteiger partial charge in [-0.1, -0.05) is 18.2 Å². The zero-order valence-corrected chi connectivity index (χ0v) is 19.3. The van der Waals surface area contributed by atoms with Crippen molar-refractivity contribution in [3.05, 3.63) is 59.5 Å². The van der Waals surface area contributed by atoms with Crippen LogP contribution in [0.15, 0.2) is 52.0 Å². The van der Waals surface area contributed by atoms with E-state index in [1.807, 2.05) is 59.4 Å². The molecule has 5 rings (SSSR count). The number of piperidine rings is 1. The Morgan fingerprint density at radius 3 is 2.44 bits per heavy atom. The maximum absolute atomic E-state index is 13.2. The van der Waals surface area contributed by atoms with Gasteiger partial charge in [-0.05, 0) is 56.1 Å². The first-order chi connectivity index (χ1) is 15.5. The van der Waals surface area contributed by atoms with Crippen LogP contribution in [0.4, 0.5) is 0 Å². The molecule has 166 valence electrons. The first-order valence-corrected chi connectivity index (χ1v) is 12.3. The fraction of sp³-hybridized carbons (Fsp3) is 0.400. The van der Waals surface area contributed by atoms with Gasteiger partial charge < -0.3 is 14.2 Å². The summed E-state index contributed by atoms with van der Waals surface area (Å²) >= 11 is 1.50. The fourth-order valence-corrected chi connectivity index (χ4v) is 5.65. The maximum atomic E-state index is 13.2. The number of hydrogen-bond donors (Lipinski definition) is 0. The monoisotopic (exact) mass is 449 g/mol. The predicted octanol–water partition coefficient (Wildman–Crippen LogP) is 4.63. The van der Waals surface area contributed by atoms with E-state index in [1.54, 1.807) is 6.20 Å². The quantitative estimate of drug-likeness (QED) is 0.546. The maximum Gasteiger partial charge on any atom is 0.289 e. The SMILES string of the molecule is CSc1ncccc1C(=O)N1CCC2(CC1)CCN(C(=O)c1oc3ccccc3c1C)C2. The molecule has 2 amide bonds. The normalized spacial score (nSPS) is 17.9. The van der Waals surface area contributed by atoms with Gasteiger partial charge in [-0.25, -0.2) is 4.98 Å². The molecule has 2 saturated heterocycles. The molecule has 1 aromatic carbocycles. The molecule has 0 aliphatic carbocycles. The first kappa shape index (κ1) is 21.1. The summed E-state index contributed by atoms with van der Waals surface area (Å²) in [7, 11) is 0. The lowest BCUT2D eigenvalue weighted by molar-refractivity contribution is 0.0557. The number of para-hydroxylation sites is 1. The van der Waals surface area contributed by atoms with E-state index in [0.29, 0.717) is 24.4 Å². The highest BCUT2D eigenvalue weighted by molar-refractivity contribution is 7.98. The molecule has 0 radical (unpaired) electrons. The fourth-order valence-electron chi connectivity index (χ4n) is 5.11. The second-order valence-corrected chi connectivity index (χ2v) is 9.68. The number of benzene rings is 1. The highest BCUT2D eigenvalue weighted by Gasteiger charge is 2.43. The third-order valence-electron chi connectivity index (χ3n) is 7.07. The largest absolute Gasteiger partial charge is 0.451 e. The van der Waals surface area contributed by atoms with Crippen molar-refractivity contribution in [1.29, 1.82) is 0 Å². The molecule has 2 aliphatic heterocycles. The summed E-state index contributed by atoms with van der Waals surface area (Å²) in [6.45, 7) is 4.85. The van der Waals surface area contributed by atoms with Crippen molar-refractivity contribution in [2.24, 2.45) is 5.41 Å². The number of rotatable bonds is 3. The van der Waals surface area contributed by atoms with Gasteiger partial charge in [0.05, 0.1) is 5.56 Å². The molecule has 2 aliphatic rings. The van der Waals surface area contributed by atoms with E-state index >= 15 is 0 Å². The third-order valence-corrected chi connectivity index (χ3v) is 7.78. The molecule has 3 aromatic rings. The molecule has 0 atom stereocenters. The summed E-state index contributed by atoms with van der Waals surface area (Å²) in [4.78, 5) is 34.5. The molecule has 0 bridgehead atoms. The summed E-state index contributed by atoms with van der Waals surface area (Å²) in [5.41, 5.74) is 2.44. The van der Waals surface area contributed by atoms with Crippen LogP contribution in [-0.2, 0) is 0 Å². The topological polar surface area (TPSA) is 66.7 Å². The smallest absolute Gasteiger partial charge is 0.289 e. The number of nitrogens with zero attached hydrogens (tertiary/aromatic N) is 3. The predicted molar refractivity (Wildman–Crippen MR) is 125 cm³/mol. The molecular formula is C25H27N3O3S. The average molecular weight is 450 g/mol. The second kappa shape index (κ2) is 8.28. The summed E-state index contributed by atoms with van der Waals surface area (Å²) in [6.07, 6.45) is 6.47. The minimum absolute atomic E-state index is 0.0194. The van der Waals surface area contributed by atoms with E-state index < -0.39 is 0 Å². The highest BCUT2D eigenvalue weighted by Crippen LogP contribution is 2.41. The summed E-state index contributed by atoms with van der Waals surface area (Å²) in [5, 5.41) is 1.77. The molecule has 4 heterocycles. The molecule has 7 heteroatoms. The van der Waals surface area contributed by atoms with Gasteiger partial charge in [-0.2, -0.15) is 0 Å². The Morgan fingerprint density at radius 1 is 1.00 bits per heavy atom. The van der Waals surface area contributed by atoms with Crippen LogP contribution in [-0.4, -0.2) is 59.0 Å². The van der Waals surface area contributed by atoms with Crippen molar-refractivity contribution in [2.45, 2.75) is 31.2 Å². The van der Waals surface area contributed by atoms with Crippen LogP contribution in [0.2, 0.25) is 0 Å². The molecule has 0 N–H and O–H groups in total. The number of aromatic nitrogens is 1. The van der Waals surface area contributed by atoms with E-state index in [9.17, 15) is 9.59 Å². The lowest BCUT2D eigenvalue weighted by Gasteiger charge is -2.39. The number of carbonyl (C=O) groups is 2. The molecule has 2 fully saturated rings. The van der Waals surface area contributed by atoms with E-state index in [-0.39, 0.29) is 17.2 Å². The van der Waals surface area contributed by atoms with Crippen molar-refractivity contribution in [3.63, 3.8) is 0 Å². The van der Waals surface area contributed by atoms with Crippen molar-refractivity contribution in [1.82, 2.24) is 14.8 Å². The lowest BCUT2D eigenvalue weighted by Crippen LogP contribution is -2.44. The van der Waals surface area contributed by atoms with E-state index in [1.165, 1.54) is 11.8 Å². The molecule has 2 aromatic heterocycles. The molecule has 6 nitrogen and oxygen atoms in total. The zero-order valence-electron chi connectivity index (χ0n) is 18.5. The summed E-state index contributed by atoms with van der Waals surface area (Å²) in [6, 6.07) is 11.5. The molecular weight excluding hydrogens is 422 g/mol. The van der Waals surface area contributed by atoms with Gasteiger partial charge >= 0.3 is 0 Å². The van der Waals surface area contributed by atoms with E-state index in [0.717, 1.165) is 53.9 Å². The van der Waals surface area contributed by atoms with E-state index in [2.05, 4.69) is 4.98 Å². The molecule has 1 spiro atoms. The Labute approximate surface area is 192 Å². The Hall–Kier alpha value is -2.80. The number of amides is 2. The van der Waals surface area contributed by atoms with Crippen LogP contribution in [0.3, 0.4) is 0 Å². The van der Waals surface area contributed by atoms with Crippen LogP contribution in [0.25, 0.3) is 11.0 Å². The second-order valence-electron chi connectivity index (χ2n) is 8.88. The average Bonchev–Trinajstić information content (AvgIpc) is 3.40. The van der Waals surface area contributed by atoms with Crippen LogP contribution in [0.1, 0.15) is 45.7 Å². The zero-order chi connectivity index (χ0) is 22.3. The minimum Gasteiger partial charge on any atom is -0.451 e. The molecule has 0 saturated carbocycles. The molecule has 32 heavy (non-hydrogen) atoms. The number of thioether (sulfide) groups is 1. The third kappa shape index (κ3) is 3.58. The van der Waals surface area contributed by atoms with Gasteiger partial charge in [0.1, 0.15) is 10.6 Å². The lowest BCUT2D eigenvalue weighted by atomic mass is 9.77. The Bertz CT molecular complexity index is 1180. The number of likely N-dealkylation sites (tertiary alicyclic amines) is 2. The Kier molecular flexibility index (Phi) is 5.45. The highest BCUT2D eigenvalue weighted by atomic mass is 32.2. The first-order valence-electron chi connectivity index (χ1n) is 11.1. The van der Waals surface area contributed by atoms with E-state index in [4.69, 9.17) is 4.42 Å². The van der Waals surface area contributed by atoms with Crippen molar-refractivity contribution in [3.8, 4) is 0 Å². The Morgan fingerprint density at radius 2 is 1.72 bits per heavy atom. The molecule has 0 unspecified atom stereocenters. The van der Waals surface area contributed by atoms with Gasteiger partial charge in [0, 0.05) is 43.3 Å². The van der Waals surface area contributed by atoms with Crippen LogP contribution in [0, 0.1) is 12.3 Å². The number of hydrogen-bond acceptors (Lipinski definition) is 5. The number of furan rings is 1. The van der Waals surface area contributed by atoms with Gasteiger partial charge in [0.15, 0.2) is 5.76 Å². The summed E-state index contributed by atoms with van der Waals surface area (Å²) < 4.78 is 5.92. The number of carbonyl (C=O) groups excluding carboxylic acids is 2. The minimum atomic E-state index is -0.0194. The van der Waals surface area contributed by atoms with Gasteiger partial charge in [0.2, 0.25) is 0 Å². The Balaban J connectivity index is 1.26.